The normalized spacial score (nSPS) is 11.8. The number of rotatable bonds is 3. The highest BCUT2D eigenvalue weighted by atomic mass is 19.1. The molecular weight excluding hydrogens is 233 g/mol. The molecule has 2 aromatic rings. The molecule has 0 atom stereocenters. The second kappa shape index (κ2) is 4.42. The number of H-pyrrole nitrogens is 1. The molecule has 5 heteroatoms. The first-order chi connectivity index (χ1) is 8.43. The number of fused-ring (bicyclic) bond motifs is 1. The van der Waals surface area contributed by atoms with Gasteiger partial charge in [-0.3, -0.25) is 4.79 Å². The standard InChI is InChI=1S/C13H16FN3O/c1-13(2,7-15)17-12(18)10-6-8-4-3-5-9(14)11(8)16-10/h3-6,16H,7,15H2,1-2H3,(H,17,18). The quantitative estimate of drug-likeness (QED) is 0.775. The van der Waals surface area contributed by atoms with E-state index in [-0.39, 0.29) is 11.7 Å². The molecule has 1 aromatic heterocycles. The van der Waals surface area contributed by atoms with Crippen LogP contribution in [0.1, 0.15) is 24.3 Å². The van der Waals surface area contributed by atoms with E-state index in [4.69, 9.17) is 5.73 Å². The number of amides is 1. The van der Waals surface area contributed by atoms with Gasteiger partial charge in [-0.25, -0.2) is 4.39 Å². The Bertz CT molecular complexity index is 589. The molecule has 0 radical (unpaired) electrons. The molecule has 0 unspecified atom stereocenters. The lowest BCUT2D eigenvalue weighted by atomic mass is 10.1. The SMILES string of the molecule is CC(C)(CN)NC(=O)c1cc2cccc(F)c2[nH]1. The smallest absolute Gasteiger partial charge is 0.268 e. The second-order valence-electron chi connectivity index (χ2n) is 4.93. The fourth-order valence-electron chi connectivity index (χ4n) is 1.67. The number of halogens is 1. The molecular formula is C13H16FN3O. The molecule has 0 saturated heterocycles. The number of para-hydroxylation sites is 1. The van der Waals surface area contributed by atoms with Gasteiger partial charge in [-0.15, -0.1) is 0 Å². The van der Waals surface area contributed by atoms with Gasteiger partial charge < -0.3 is 16.0 Å². The van der Waals surface area contributed by atoms with Crippen molar-refractivity contribution < 1.29 is 9.18 Å². The van der Waals surface area contributed by atoms with Crippen molar-refractivity contribution in [3.8, 4) is 0 Å². The van der Waals surface area contributed by atoms with Crippen molar-refractivity contribution in [2.45, 2.75) is 19.4 Å². The van der Waals surface area contributed by atoms with Crippen molar-refractivity contribution in [2.75, 3.05) is 6.54 Å². The third-order valence-corrected chi connectivity index (χ3v) is 2.81. The summed E-state index contributed by atoms with van der Waals surface area (Å²) in [5, 5.41) is 3.46. The average molecular weight is 249 g/mol. The van der Waals surface area contributed by atoms with Gasteiger partial charge in [-0.1, -0.05) is 12.1 Å². The molecule has 0 fully saturated rings. The van der Waals surface area contributed by atoms with E-state index < -0.39 is 5.54 Å². The van der Waals surface area contributed by atoms with Crippen molar-refractivity contribution in [3.05, 3.63) is 35.8 Å². The van der Waals surface area contributed by atoms with Gasteiger partial charge in [0.2, 0.25) is 0 Å². The lowest BCUT2D eigenvalue weighted by Gasteiger charge is -2.23. The topological polar surface area (TPSA) is 70.9 Å². The number of hydrogen-bond donors (Lipinski definition) is 3. The van der Waals surface area contributed by atoms with Gasteiger partial charge >= 0.3 is 0 Å². The van der Waals surface area contributed by atoms with Crippen LogP contribution >= 0.6 is 0 Å². The van der Waals surface area contributed by atoms with E-state index >= 15 is 0 Å². The molecule has 0 spiro atoms. The minimum absolute atomic E-state index is 0.291. The van der Waals surface area contributed by atoms with Crippen LogP contribution in [0.5, 0.6) is 0 Å². The molecule has 0 saturated carbocycles. The molecule has 18 heavy (non-hydrogen) atoms. The molecule has 96 valence electrons. The first-order valence-electron chi connectivity index (χ1n) is 5.73. The second-order valence-corrected chi connectivity index (χ2v) is 4.93. The Kier molecular flexibility index (Phi) is 3.09. The number of aromatic amines is 1. The van der Waals surface area contributed by atoms with Gasteiger partial charge in [0.1, 0.15) is 11.5 Å². The molecule has 0 bridgehead atoms. The third kappa shape index (κ3) is 2.36. The zero-order valence-electron chi connectivity index (χ0n) is 10.4. The van der Waals surface area contributed by atoms with E-state index in [2.05, 4.69) is 10.3 Å². The van der Waals surface area contributed by atoms with Crippen molar-refractivity contribution in [1.29, 1.82) is 0 Å². The molecule has 4 N–H and O–H groups in total. The van der Waals surface area contributed by atoms with Gasteiger partial charge in [0.15, 0.2) is 0 Å². The van der Waals surface area contributed by atoms with Crippen molar-refractivity contribution >= 4 is 16.8 Å². The Balaban J connectivity index is 2.32. The van der Waals surface area contributed by atoms with Crippen molar-refractivity contribution in [3.63, 3.8) is 0 Å². The summed E-state index contributed by atoms with van der Waals surface area (Å²) in [6, 6.07) is 6.33. The fraction of sp³-hybridized carbons (Fsp3) is 0.308. The van der Waals surface area contributed by atoms with Crippen LogP contribution < -0.4 is 11.1 Å². The van der Waals surface area contributed by atoms with Crippen LogP contribution in [-0.4, -0.2) is 23.0 Å². The molecule has 0 aliphatic carbocycles. The summed E-state index contributed by atoms with van der Waals surface area (Å²) in [5.41, 5.74) is 5.72. The zero-order chi connectivity index (χ0) is 13.3. The number of aromatic nitrogens is 1. The summed E-state index contributed by atoms with van der Waals surface area (Å²) in [4.78, 5) is 14.8. The summed E-state index contributed by atoms with van der Waals surface area (Å²) < 4.78 is 13.5. The highest BCUT2D eigenvalue weighted by Crippen LogP contribution is 2.18. The molecule has 0 aliphatic heterocycles. The average Bonchev–Trinajstić information content (AvgIpc) is 2.74. The van der Waals surface area contributed by atoms with Crippen LogP contribution in [0.2, 0.25) is 0 Å². The Morgan fingerprint density at radius 3 is 2.83 bits per heavy atom. The summed E-state index contributed by atoms with van der Waals surface area (Å²) in [7, 11) is 0. The Hall–Kier alpha value is -1.88. The summed E-state index contributed by atoms with van der Waals surface area (Å²) in [6.07, 6.45) is 0. The molecule has 1 amide bonds. The maximum Gasteiger partial charge on any atom is 0.268 e. The van der Waals surface area contributed by atoms with Gasteiger partial charge in [-0.05, 0) is 26.0 Å². The van der Waals surface area contributed by atoms with Crippen LogP contribution in [0.3, 0.4) is 0 Å². The van der Waals surface area contributed by atoms with Gasteiger partial charge in [0.05, 0.1) is 5.52 Å². The number of carbonyl (C=O) groups is 1. The largest absolute Gasteiger partial charge is 0.348 e. The van der Waals surface area contributed by atoms with Gasteiger partial charge in [0, 0.05) is 17.5 Å². The molecule has 0 aliphatic rings. The lowest BCUT2D eigenvalue weighted by Crippen LogP contribution is -2.48. The van der Waals surface area contributed by atoms with E-state index in [9.17, 15) is 9.18 Å². The first-order valence-corrected chi connectivity index (χ1v) is 5.73. The fourth-order valence-corrected chi connectivity index (χ4v) is 1.67. The van der Waals surface area contributed by atoms with E-state index in [1.54, 1.807) is 18.2 Å². The molecule has 4 nitrogen and oxygen atoms in total. The number of hydrogen-bond acceptors (Lipinski definition) is 2. The summed E-state index contributed by atoms with van der Waals surface area (Å²) >= 11 is 0. The summed E-state index contributed by atoms with van der Waals surface area (Å²) in [5.74, 6) is -0.661. The first kappa shape index (κ1) is 12.6. The van der Waals surface area contributed by atoms with E-state index in [0.29, 0.717) is 23.1 Å². The van der Waals surface area contributed by atoms with E-state index in [1.165, 1.54) is 6.07 Å². The van der Waals surface area contributed by atoms with Crippen molar-refractivity contribution in [2.24, 2.45) is 5.73 Å². The predicted octanol–water partition coefficient (Wildman–Crippen LogP) is 1.77. The van der Waals surface area contributed by atoms with Gasteiger partial charge in [0.25, 0.3) is 5.91 Å². The monoisotopic (exact) mass is 249 g/mol. The van der Waals surface area contributed by atoms with Crippen molar-refractivity contribution in [1.82, 2.24) is 10.3 Å². The van der Waals surface area contributed by atoms with Crippen LogP contribution in [-0.2, 0) is 0 Å². The number of carbonyl (C=O) groups excluding carboxylic acids is 1. The van der Waals surface area contributed by atoms with Crippen LogP contribution in [0, 0.1) is 5.82 Å². The predicted molar refractivity (Wildman–Crippen MR) is 68.9 cm³/mol. The number of nitrogens with two attached hydrogens (primary N) is 1. The minimum atomic E-state index is -0.493. The summed E-state index contributed by atoms with van der Waals surface area (Å²) in [6.45, 7) is 3.98. The zero-order valence-corrected chi connectivity index (χ0v) is 10.4. The number of nitrogens with one attached hydrogen (secondary N) is 2. The number of benzene rings is 1. The molecule has 2 rings (SSSR count). The highest BCUT2D eigenvalue weighted by Gasteiger charge is 2.20. The lowest BCUT2D eigenvalue weighted by molar-refractivity contribution is 0.0911. The van der Waals surface area contributed by atoms with E-state index in [0.717, 1.165) is 0 Å². The highest BCUT2D eigenvalue weighted by molar-refractivity contribution is 5.98. The molecule has 1 aromatic carbocycles. The third-order valence-electron chi connectivity index (χ3n) is 2.81. The minimum Gasteiger partial charge on any atom is -0.348 e. The molecule has 1 heterocycles. The maximum absolute atomic E-state index is 13.5. The Morgan fingerprint density at radius 1 is 1.50 bits per heavy atom. The Labute approximate surface area is 104 Å². The van der Waals surface area contributed by atoms with Crippen LogP contribution in [0.4, 0.5) is 4.39 Å². The van der Waals surface area contributed by atoms with Crippen LogP contribution in [0.15, 0.2) is 24.3 Å². The Morgan fingerprint density at radius 2 is 2.22 bits per heavy atom. The van der Waals surface area contributed by atoms with Gasteiger partial charge in [-0.2, -0.15) is 0 Å². The maximum atomic E-state index is 13.5. The van der Waals surface area contributed by atoms with Crippen LogP contribution in [0.25, 0.3) is 10.9 Å². The van der Waals surface area contributed by atoms with E-state index in [1.807, 2.05) is 13.8 Å².